The topological polar surface area (TPSA) is 18.5 Å². The summed E-state index contributed by atoms with van der Waals surface area (Å²) in [7, 11) is 0. The van der Waals surface area contributed by atoms with Gasteiger partial charge >= 0.3 is 0 Å². The molecule has 0 spiro atoms. The molecule has 0 bridgehead atoms. The van der Waals surface area contributed by atoms with Gasteiger partial charge in [-0.15, -0.1) is 0 Å². The van der Waals surface area contributed by atoms with Crippen molar-refractivity contribution in [2.45, 2.75) is 50.6 Å². The lowest BCUT2D eigenvalue weighted by Gasteiger charge is -2.38. The summed E-state index contributed by atoms with van der Waals surface area (Å²) < 4.78 is 13.4. The Hall–Kier alpha value is -1.13. The van der Waals surface area contributed by atoms with Crippen LogP contribution < -0.4 is 10.2 Å². The van der Waals surface area contributed by atoms with Crippen molar-refractivity contribution in [3.63, 3.8) is 0 Å². The highest BCUT2D eigenvalue weighted by atomic mass is 19.1. The SMILES string of the molecule is Fc1ccc2c(c1)CCN2C1CCN(CCC2CCCN2)CC1. The van der Waals surface area contributed by atoms with Crippen LogP contribution in [0.5, 0.6) is 0 Å². The molecule has 1 unspecified atom stereocenters. The van der Waals surface area contributed by atoms with E-state index in [1.165, 1.54) is 69.5 Å². The molecule has 3 aliphatic heterocycles. The summed E-state index contributed by atoms with van der Waals surface area (Å²) in [4.78, 5) is 5.17. The molecule has 1 aromatic rings. The van der Waals surface area contributed by atoms with Gasteiger partial charge in [-0.3, -0.25) is 0 Å². The first-order chi connectivity index (χ1) is 11.3. The minimum Gasteiger partial charge on any atom is -0.368 e. The van der Waals surface area contributed by atoms with Crippen molar-refractivity contribution in [1.82, 2.24) is 10.2 Å². The predicted molar refractivity (Wildman–Crippen MR) is 92.6 cm³/mol. The van der Waals surface area contributed by atoms with Crippen LogP contribution >= 0.6 is 0 Å². The van der Waals surface area contributed by atoms with E-state index >= 15 is 0 Å². The zero-order chi connectivity index (χ0) is 15.6. The van der Waals surface area contributed by atoms with E-state index in [4.69, 9.17) is 0 Å². The second-order valence-corrected chi connectivity index (χ2v) is 7.37. The average Bonchev–Trinajstić information content (AvgIpc) is 3.22. The van der Waals surface area contributed by atoms with E-state index in [0.29, 0.717) is 6.04 Å². The smallest absolute Gasteiger partial charge is 0.123 e. The minimum atomic E-state index is -0.0964. The molecular formula is C19H28FN3. The predicted octanol–water partition coefficient (Wildman–Crippen LogP) is 2.79. The van der Waals surface area contributed by atoms with Crippen LogP contribution in [0.25, 0.3) is 0 Å². The fraction of sp³-hybridized carbons (Fsp3) is 0.684. The van der Waals surface area contributed by atoms with Gasteiger partial charge in [-0.05, 0) is 75.4 Å². The molecule has 2 fully saturated rings. The number of halogens is 1. The number of piperidine rings is 1. The molecule has 4 heteroatoms. The van der Waals surface area contributed by atoms with E-state index < -0.39 is 0 Å². The summed E-state index contributed by atoms with van der Waals surface area (Å²) in [6.07, 6.45) is 7.50. The van der Waals surface area contributed by atoms with Gasteiger partial charge < -0.3 is 15.1 Å². The van der Waals surface area contributed by atoms with Gasteiger partial charge in [-0.25, -0.2) is 4.39 Å². The second kappa shape index (κ2) is 6.78. The molecule has 126 valence electrons. The Balaban J connectivity index is 1.29. The fourth-order valence-electron chi connectivity index (χ4n) is 4.57. The van der Waals surface area contributed by atoms with Crippen molar-refractivity contribution in [2.24, 2.45) is 0 Å². The first-order valence-electron chi connectivity index (χ1n) is 9.30. The van der Waals surface area contributed by atoms with E-state index in [-0.39, 0.29) is 5.82 Å². The Morgan fingerprint density at radius 3 is 2.78 bits per heavy atom. The third-order valence-electron chi connectivity index (χ3n) is 5.93. The maximum Gasteiger partial charge on any atom is 0.123 e. The Kier molecular flexibility index (Phi) is 4.54. The molecule has 0 saturated carbocycles. The lowest BCUT2D eigenvalue weighted by Crippen LogP contribution is -2.45. The van der Waals surface area contributed by atoms with Crippen LogP contribution in [-0.2, 0) is 6.42 Å². The van der Waals surface area contributed by atoms with Gasteiger partial charge in [0.05, 0.1) is 0 Å². The summed E-state index contributed by atoms with van der Waals surface area (Å²) in [6, 6.07) is 6.71. The highest BCUT2D eigenvalue weighted by Crippen LogP contribution is 2.33. The molecule has 3 heterocycles. The number of hydrogen-bond donors (Lipinski definition) is 1. The number of likely N-dealkylation sites (tertiary alicyclic amines) is 1. The maximum atomic E-state index is 13.4. The summed E-state index contributed by atoms with van der Waals surface area (Å²) in [5.74, 6) is -0.0964. The molecule has 4 rings (SSSR count). The van der Waals surface area contributed by atoms with Gasteiger partial charge in [-0.2, -0.15) is 0 Å². The zero-order valence-corrected chi connectivity index (χ0v) is 13.9. The number of fused-ring (bicyclic) bond motifs is 1. The molecule has 0 aromatic heterocycles. The maximum absolute atomic E-state index is 13.4. The molecule has 3 nitrogen and oxygen atoms in total. The van der Waals surface area contributed by atoms with Crippen LogP contribution in [0.4, 0.5) is 10.1 Å². The van der Waals surface area contributed by atoms with Gasteiger partial charge in [0, 0.05) is 37.4 Å². The standard InChI is InChI=1S/C19H28FN3/c20-16-3-4-19-15(14-16)5-13-23(19)18-7-11-22(12-8-18)10-6-17-2-1-9-21-17/h3-4,14,17-18,21H,1-2,5-13H2. The van der Waals surface area contributed by atoms with Crippen molar-refractivity contribution in [2.75, 3.05) is 37.6 Å². The number of rotatable bonds is 4. The lowest BCUT2D eigenvalue weighted by atomic mass is 10.0. The first kappa shape index (κ1) is 15.4. The number of benzene rings is 1. The molecule has 0 radical (unpaired) electrons. The molecule has 23 heavy (non-hydrogen) atoms. The first-order valence-corrected chi connectivity index (χ1v) is 9.30. The lowest BCUT2D eigenvalue weighted by molar-refractivity contribution is 0.201. The van der Waals surface area contributed by atoms with E-state index in [9.17, 15) is 4.39 Å². The Morgan fingerprint density at radius 1 is 1.13 bits per heavy atom. The highest BCUT2D eigenvalue weighted by Gasteiger charge is 2.29. The molecule has 0 aliphatic carbocycles. The number of nitrogens with zero attached hydrogens (tertiary/aromatic N) is 2. The molecular weight excluding hydrogens is 289 g/mol. The van der Waals surface area contributed by atoms with Crippen molar-refractivity contribution in [3.8, 4) is 0 Å². The van der Waals surface area contributed by atoms with Crippen molar-refractivity contribution >= 4 is 5.69 Å². The van der Waals surface area contributed by atoms with E-state index in [1.54, 1.807) is 12.1 Å². The molecule has 3 aliphatic rings. The van der Waals surface area contributed by atoms with Gasteiger partial charge in [0.1, 0.15) is 5.82 Å². The molecule has 2 saturated heterocycles. The monoisotopic (exact) mass is 317 g/mol. The molecule has 1 atom stereocenters. The van der Waals surface area contributed by atoms with Crippen molar-refractivity contribution in [3.05, 3.63) is 29.6 Å². The second-order valence-electron chi connectivity index (χ2n) is 7.37. The third kappa shape index (κ3) is 3.38. The summed E-state index contributed by atoms with van der Waals surface area (Å²) in [5, 5.41) is 3.60. The summed E-state index contributed by atoms with van der Waals surface area (Å²) >= 11 is 0. The number of hydrogen-bond acceptors (Lipinski definition) is 3. The summed E-state index contributed by atoms with van der Waals surface area (Å²) in [6.45, 7) is 5.94. The zero-order valence-electron chi connectivity index (χ0n) is 13.9. The van der Waals surface area contributed by atoms with Crippen LogP contribution in [0.3, 0.4) is 0 Å². The van der Waals surface area contributed by atoms with Crippen LogP contribution in [0.1, 0.15) is 37.7 Å². The summed E-state index contributed by atoms with van der Waals surface area (Å²) in [5.41, 5.74) is 2.47. The van der Waals surface area contributed by atoms with E-state index in [2.05, 4.69) is 15.1 Å². The normalized spacial score (nSPS) is 26.0. The van der Waals surface area contributed by atoms with Crippen LogP contribution in [0.15, 0.2) is 18.2 Å². The highest BCUT2D eigenvalue weighted by molar-refractivity contribution is 5.58. The van der Waals surface area contributed by atoms with E-state index in [0.717, 1.165) is 19.0 Å². The van der Waals surface area contributed by atoms with Gasteiger partial charge in [0.2, 0.25) is 0 Å². The Labute approximate surface area is 138 Å². The van der Waals surface area contributed by atoms with Crippen LogP contribution in [0, 0.1) is 5.82 Å². The van der Waals surface area contributed by atoms with Crippen molar-refractivity contribution < 1.29 is 4.39 Å². The fourth-order valence-corrected chi connectivity index (χ4v) is 4.57. The van der Waals surface area contributed by atoms with Crippen LogP contribution in [-0.4, -0.2) is 49.7 Å². The third-order valence-corrected chi connectivity index (χ3v) is 5.93. The van der Waals surface area contributed by atoms with Gasteiger partial charge in [0.15, 0.2) is 0 Å². The Morgan fingerprint density at radius 2 is 2.00 bits per heavy atom. The molecule has 1 aromatic carbocycles. The van der Waals surface area contributed by atoms with Crippen LogP contribution in [0.2, 0.25) is 0 Å². The quantitative estimate of drug-likeness (QED) is 0.921. The van der Waals surface area contributed by atoms with Gasteiger partial charge in [-0.1, -0.05) is 0 Å². The van der Waals surface area contributed by atoms with E-state index in [1.807, 2.05) is 6.07 Å². The minimum absolute atomic E-state index is 0.0964. The van der Waals surface area contributed by atoms with Gasteiger partial charge in [0.25, 0.3) is 0 Å². The molecule has 1 N–H and O–H groups in total. The number of anilines is 1. The average molecular weight is 317 g/mol. The van der Waals surface area contributed by atoms with Crippen molar-refractivity contribution in [1.29, 1.82) is 0 Å². The molecule has 0 amide bonds. The Bertz CT molecular complexity index is 533. The number of nitrogens with one attached hydrogen (secondary N) is 1. The largest absolute Gasteiger partial charge is 0.368 e.